The zero-order valence-corrected chi connectivity index (χ0v) is 27.0. The van der Waals surface area contributed by atoms with Gasteiger partial charge in [-0.15, -0.1) is 0 Å². The Morgan fingerprint density at radius 1 is 0.767 bits per heavy atom. The molecular formula is C29H43GdN4O9. The third-order valence-corrected chi connectivity index (χ3v) is 7.29. The first kappa shape index (κ1) is 39.1. The van der Waals surface area contributed by atoms with E-state index in [2.05, 4.69) is 6.92 Å². The summed E-state index contributed by atoms with van der Waals surface area (Å²) in [5.41, 5.74) is 1.05. The number of aryl methyl sites for hydroxylation is 1. The molecule has 2 rings (SSSR count). The van der Waals surface area contributed by atoms with E-state index in [4.69, 9.17) is 4.74 Å². The Bertz CT molecular complexity index is 967. The summed E-state index contributed by atoms with van der Waals surface area (Å²) in [6.07, 6.45) is 3.62. The minimum Gasteiger partial charge on any atom is -0.549 e. The molecule has 1 aliphatic rings. The third kappa shape index (κ3) is 16.6. The molecular weight excluding hydrogens is 706 g/mol. The SMILES string of the molecule is CCCCOc1ccc(CCC[C@@H](C(=O)O)N2CCN(CC(=O)[O-])CCN(CC(=O)[O-])CCN(CC(=O)[O-])CC2)cc1.[Gd+3]. The number of ether oxygens (including phenoxy) is 1. The average molecular weight is 749 g/mol. The van der Waals surface area contributed by atoms with Crippen molar-refractivity contribution in [2.75, 3.05) is 78.6 Å². The molecule has 1 atom stereocenters. The van der Waals surface area contributed by atoms with Gasteiger partial charge in [0.05, 0.1) is 24.5 Å². The van der Waals surface area contributed by atoms with Gasteiger partial charge < -0.3 is 39.5 Å². The van der Waals surface area contributed by atoms with Gasteiger partial charge >= 0.3 is 45.9 Å². The number of carbonyl (C=O) groups excluding carboxylic acids is 3. The van der Waals surface area contributed by atoms with Crippen molar-refractivity contribution in [3.05, 3.63) is 29.8 Å². The maximum Gasteiger partial charge on any atom is 3.00 e. The normalized spacial score (nSPS) is 17.1. The number of benzene rings is 1. The first-order valence-corrected chi connectivity index (χ1v) is 14.5. The maximum atomic E-state index is 12.4. The first-order valence-electron chi connectivity index (χ1n) is 14.5. The van der Waals surface area contributed by atoms with Gasteiger partial charge in [-0.2, -0.15) is 0 Å². The number of hydrogen-bond donors (Lipinski definition) is 1. The molecule has 0 aliphatic carbocycles. The van der Waals surface area contributed by atoms with Crippen molar-refractivity contribution in [1.82, 2.24) is 19.6 Å². The standard InChI is InChI=1S/C29H46N4O9.Gd/c1-2-3-19-42-24-9-7-23(8-10-24)5-4-6-25(29(40)41)33-17-15-31(21-27(36)37)13-11-30(20-26(34)35)12-14-32(16-18-33)22-28(38)39;/h7-10,25H,2-6,11-22H2,1H3,(H,34,35)(H,36,37)(H,38,39)(H,40,41);/q;+3/p-3/t25-;/m0./s1. The van der Waals surface area contributed by atoms with E-state index in [1.807, 2.05) is 24.3 Å². The predicted molar refractivity (Wildman–Crippen MR) is 147 cm³/mol. The fraction of sp³-hybridized carbons (Fsp3) is 0.655. The minimum absolute atomic E-state index is 0. The molecule has 14 heteroatoms. The molecule has 1 saturated heterocycles. The molecule has 13 nitrogen and oxygen atoms in total. The topological polar surface area (TPSA) is 180 Å². The number of rotatable bonds is 16. The van der Waals surface area contributed by atoms with Crippen LogP contribution in [0.3, 0.4) is 0 Å². The number of nitrogens with zero attached hydrogens (tertiary/aromatic N) is 4. The van der Waals surface area contributed by atoms with Crippen LogP contribution in [0.25, 0.3) is 0 Å². The van der Waals surface area contributed by atoms with Crippen LogP contribution in [0.5, 0.6) is 5.75 Å². The minimum atomic E-state index is -1.30. The van der Waals surface area contributed by atoms with E-state index in [-0.39, 0.29) is 112 Å². The van der Waals surface area contributed by atoms with Crippen molar-refractivity contribution >= 4 is 23.9 Å². The van der Waals surface area contributed by atoms with Crippen LogP contribution in [0.1, 0.15) is 38.2 Å². The number of carboxylic acid groups (broad SMARTS) is 4. The Labute approximate surface area is 285 Å². The average Bonchev–Trinajstić information content (AvgIpc) is 2.91. The maximum absolute atomic E-state index is 12.4. The van der Waals surface area contributed by atoms with Crippen LogP contribution in [-0.2, 0) is 25.6 Å². The van der Waals surface area contributed by atoms with E-state index in [9.17, 15) is 39.6 Å². The van der Waals surface area contributed by atoms with Crippen LogP contribution in [0, 0.1) is 39.9 Å². The number of unbranched alkanes of at least 4 members (excludes halogenated alkanes) is 1. The van der Waals surface area contributed by atoms with E-state index in [1.165, 1.54) is 0 Å². The fourth-order valence-electron chi connectivity index (χ4n) is 4.93. The number of hydrogen-bond acceptors (Lipinski definition) is 12. The molecule has 1 aromatic carbocycles. The zero-order chi connectivity index (χ0) is 30.9. The van der Waals surface area contributed by atoms with E-state index in [1.54, 1.807) is 19.6 Å². The molecule has 0 bridgehead atoms. The molecule has 1 heterocycles. The summed E-state index contributed by atoms with van der Waals surface area (Å²) >= 11 is 0. The smallest absolute Gasteiger partial charge is 0.549 e. The molecule has 0 amide bonds. The summed E-state index contributed by atoms with van der Waals surface area (Å²) in [5.74, 6) is -4.11. The molecule has 1 fully saturated rings. The van der Waals surface area contributed by atoms with E-state index < -0.39 is 29.9 Å². The van der Waals surface area contributed by atoms with Crippen molar-refractivity contribution in [1.29, 1.82) is 0 Å². The second-order valence-electron chi connectivity index (χ2n) is 10.6. The number of aliphatic carboxylic acids is 4. The molecule has 1 N–H and O–H groups in total. The van der Waals surface area contributed by atoms with Crippen LogP contribution < -0.4 is 20.1 Å². The number of carbonyl (C=O) groups is 4. The van der Waals surface area contributed by atoms with Gasteiger partial charge in [-0.1, -0.05) is 25.5 Å². The zero-order valence-electron chi connectivity index (χ0n) is 24.8. The van der Waals surface area contributed by atoms with Crippen molar-refractivity contribution in [3.8, 4) is 5.75 Å². The third-order valence-electron chi connectivity index (χ3n) is 7.29. The van der Waals surface area contributed by atoms with Gasteiger partial charge in [-0.3, -0.25) is 24.4 Å². The molecule has 1 aliphatic heterocycles. The summed E-state index contributed by atoms with van der Waals surface area (Å²) < 4.78 is 5.70. The van der Waals surface area contributed by atoms with Gasteiger partial charge in [0.1, 0.15) is 11.8 Å². The Hall–Kier alpha value is -1.94. The second-order valence-corrected chi connectivity index (χ2v) is 10.6. The Kier molecular flexibility index (Phi) is 19.7. The van der Waals surface area contributed by atoms with Crippen molar-refractivity contribution in [3.63, 3.8) is 0 Å². The molecule has 0 spiro atoms. The van der Waals surface area contributed by atoms with Gasteiger partial charge in [0.15, 0.2) is 0 Å². The van der Waals surface area contributed by atoms with Crippen molar-refractivity contribution in [2.24, 2.45) is 0 Å². The summed E-state index contributed by atoms with van der Waals surface area (Å²) in [7, 11) is 0. The Balaban J connectivity index is 0.00000924. The van der Waals surface area contributed by atoms with Crippen LogP contribution >= 0.6 is 0 Å². The van der Waals surface area contributed by atoms with Gasteiger partial charge in [-0.05, 0) is 43.4 Å². The summed E-state index contributed by atoms with van der Waals surface area (Å²) in [4.78, 5) is 52.9. The van der Waals surface area contributed by atoms with E-state index >= 15 is 0 Å². The molecule has 0 saturated carbocycles. The van der Waals surface area contributed by atoms with Gasteiger partial charge in [0.2, 0.25) is 0 Å². The quantitative estimate of drug-likeness (QED) is 0.171. The van der Waals surface area contributed by atoms with Crippen LogP contribution in [0.4, 0.5) is 0 Å². The molecule has 0 unspecified atom stereocenters. The predicted octanol–water partition coefficient (Wildman–Crippen LogP) is -2.89. The number of carboxylic acids is 4. The second kappa shape index (κ2) is 21.7. The van der Waals surface area contributed by atoms with Gasteiger partial charge in [0.25, 0.3) is 0 Å². The summed E-state index contributed by atoms with van der Waals surface area (Å²) in [6.45, 7) is 3.23. The van der Waals surface area contributed by atoms with Crippen LogP contribution in [0.15, 0.2) is 24.3 Å². The van der Waals surface area contributed by atoms with Crippen molar-refractivity contribution in [2.45, 2.75) is 45.1 Å². The van der Waals surface area contributed by atoms with E-state index in [0.717, 1.165) is 24.2 Å². The van der Waals surface area contributed by atoms with Crippen LogP contribution in [0.2, 0.25) is 0 Å². The monoisotopic (exact) mass is 749 g/mol. The fourth-order valence-corrected chi connectivity index (χ4v) is 4.93. The van der Waals surface area contributed by atoms with E-state index in [0.29, 0.717) is 25.9 Å². The molecule has 1 radical (unpaired) electrons. The molecule has 1 aromatic rings. The first-order chi connectivity index (χ1) is 20.1. The van der Waals surface area contributed by atoms with Crippen molar-refractivity contribution < 1.29 is 84.3 Å². The Morgan fingerprint density at radius 2 is 1.21 bits per heavy atom. The molecule has 241 valence electrons. The largest absolute Gasteiger partial charge is 3.00 e. The molecule has 43 heavy (non-hydrogen) atoms. The van der Waals surface area contributed by atoms with Gasteiger partial charge in [0, 0.05) is 72.0 Å². The van der Waals surface area contributed by atoms with Crippen LogP contribution in [-0.4, -0.2) is 133 Å². The molecule has 0 aromatic heterocycles. The Morgan fingerprint density at radius 3 is 1.60 bits per heavy atom. The summed E-state index contributed by atoms with van der Waals surface area (Å²) in [6, 6.07) is 6.87. The van der Waals surface area contributed by atoms with Gasteiger partial charge in [-0.25, -0.2) is 0 Å². The summed E-state index contributed by atoms with van der Waals surface area (Å²) in [5, 5.41) is 44.1.